The van der Waals surface area contributed by atoms with Crippen LogP contribution in [0.4, 0.5) is 24.5 Å². The minimum Gasteiger partial charge on any atom is -0.397 e. The maximum Gasteiger partial charge on any atom is 0.451 e. The van der Waals surface area contributed by atoms with Crippen LogP contribution >= 0.6 is 11.6 Å². The van der Waals surface area contributed by atoms with Crippen LogP contribution in [0.2, 0.25) is 5.02 Å². The largest absolute Gasteiger partial charge is 0.451 e. The minimum atomic E-state index is -4.50. The van der Waals surface area contributed by atoms with Crippen molar-refractivity contribution in [3.63, 3.8) is 0 Å². The van der Waals surface area contributed by atoms with Crippen LogP contribution in [0.25, 0.3) is 0 Å². The zero-order valence-electron chi connectivity index (χ0n) is 10.7. The van der Waals surface area contributed by atoms with Crippen LogP contribution in [0.1, 0.15) is 11.6 Å². The van der Waals surface area contributed by atoms with E-state index < -0.39 is 12.0 Å². The number of benzene rings is 1. The number of nitrogen functional groups attached to an aromatic ring is 1. The van der Waals surface area contributed by atoms with Crippen LogP contribution in [0.5, 0.6) is 0 Å². The van der Waals surface area contributed by atoms with Gasteiger partial charge in [-0.3, -0.25) is 0 Å². The highest BCUT2D eigenvalue weighted by molar-refractivity contribution is 6.34. The summed E-state index contributed by atoms with van der Waals surface area (Å²) in [5.74, 6) is -0.725. The predicted molar refractivity (Wildman–Crippen MR) is 71.9 cm³/mol. The normalized spacial score (nSPS) is 15.1. The third kappa shape index (κ3) is 2.39. The van der Waals surface area contributed by atoms with Gasteiger partial charge in [0.25, 0.3) is 0 Å². The first-order chi connectivity index (χ1) is 9.88. The number of para-hydroxylation sites is 1. The Morgan fingerprint density at radius 1 is 1.19 bits per heavy atom. The van der Waals surface area contributed by atoms with E-state index in [1.165, 1.54) is 0 Å². The number of halogens is 4. The van der Waals surface area contributed by atoms with Crippen LogP contribution < -0.4 is 10.6 Å². The molecule has 9 heteroatoms. The van der Waals surface area contributed by atoms with Crippen molar-refractivity contribution in [2.75, 3.05) is 17.2 Å². The van der Waals surface area contributed by atoms with Crippen LogP contribution in [-0.2, 0) is 19.3 Å². The molecule has 2 heterocycles. The summed E-state index contributed by atoms with van der Waals surface area (Å²) >= 11 is 6.12. The number of fused-ring (bicyclic) bond motifs is 1. The van der Waals surface area contributed by atoms with E-state index in [-0.39, 0.29) is 18.9 Å². The molecule has 0 amide bonds. The third-order valence-electron chi connectivity index (χ3n) is 3.34. The zero-order valence-corrected chi connectivity index (χ0v) is 11.5. The number of alkyl halides is 3. The number of hydrogen-bond donors (Lipinski definition) is 1. The lowest BCUT2D eigenvalue weighted by molar-refractivity contribution is -0.147. The van der Waals surface area contributed by atoms with E-state index in [0.29, 0.717) is 22.9 Å². The summed E-state index contributed by atoms with van der Waals surface area (Å²) in [6.07, 6.45) is -4.50. The fourth-order valence-corrected chi connectivity index (χ4v) is 2.73. The van der Waals surface area contributed by atoms with Crippen molar-refractivity contribution in [3.8, 4) is 0 Å². The first-order valence-electron chi connectivity index (χ1n) is 6.16. The summed E-state index contributed by atoms with van der Waals surface area (Å²) in [4.78, 5) is 1.81. The standard InChI is InChI=1S/C12H11ClF3N5/c13-7-2-1-3-8(17)10(7)20-4-5-21-9(6-20)18-19-11(21)12(14,15)16/h1-3H,4-6,17H2. The van der Waals surface area contributed by atoms with E-state index in [1.54, 1.807) is 18.2 Å². The van der Waals surface area contributed by atoms with Crippen molar-refractivity contribution >= 4 is 23.0 Å². The van der Waals surface area contributed by atoms with Gasteiger partial charge in [-0.05, 0) is 12.1 Å². The van der Waals surface area contributed by atoms with Gasteiger partial charge < -0.3 is 15.2 Å². The molecule has 2 aromatic rings. The molecule has 0 spiro atoms. The molecule has 5 nitrogen and oxygen atoms in total. The molecule has 0 atom stereocenters. The molecule has 0 bridgehead atoms. The van der Waals surface area contributed by atoms with E-state index in [1.807, 2.05) is 4.90 Å². The maximum atomic E-state index is 12.8. The molecule has 2 N–H and O–H groups in total. The van der Waals surface area contributed by atoms with Crippen molar-refractivity contribution in [1.82, 2.24) is 14.8 Å². The molecule has 3 rings (SSSR count). The maximum absolute atomic E-state index is 12.8. The van der Waals surface area contributed by atoms with Gasteiger partial charge in [-0.25, -0.2) is 0 Å². The Hall–Kier alpha value is -1.96. The highest BCUT2D eigenvalue weighted by Crippen LogP contribution is 2.35. The van der Waals surface area contributed by atoms with Crippen molar-refractivity contribution < 1.29 is 13.2 Å². The second-order valence-corrected chi connectivity index (χ2v) is 5.10. The second kappa shape index (κ2) is 4.80. The summed E-state index contributed by atoms with van der Waals surface area (Å²) < 4.78 is 39.4. The Morgan fingerprint density at radius 3 is 2.62 bits per heavy atom. The Kier molecular flexibility index (Phi) is 3.20. The van der Waals surface area contributed by atoms with Crippen molar-refractivity contribution in [1.29, 1.82) is 0 Å². The number of nitrogens with two attached hydrogens (primary N) is 1. The topological polar surface area (TPSA) is 60.0 Å². The average molecular weight is 318 g/mol. The summed E-state index contributed by atoms with van der Waals surface area (Å²) in [5.41, 5.74) is 6.99. The molecule has 0 aliphatic carbocycles. The molecule has 0 radical (unpaired) electrons. The second-order valence-electron chi connectivity index (χ2n) is 4.69. The predicted octanol–water partition coefficient (Wildman–Crippen LogP) is 2.55. The summed E-state index contributed by atoms with van der Waals surface area (Å²) in [5, 5.41) is 7.32. The van der Waals surface area contributed by atoms with Gasteiger partial charge in [0, 0.05) is 13.1 Å². The van der Waals surface area contributed by atoms with Gasteiger partial charge >= 0.3 is 6.18 Å². The minimum absolute atomic E-state index is 0.127. The lowest BCUT2D eigenvalue weighted by Crippen LogP contribution is -2.35. The molecule has 1 aliphatic rings. The SMILES string of the molecule is Nc1cccc(Cl)c1N1CCn2c(nnc2C(F)(F)F)C1. The first kappa shape index (κ1) is 14.0. The van der Waals surface area contributed by atoms with Crippen molar-refractivity contribution in [2.45, 2.75) is 19.3 Å². The lowest BCUT2D eigenvalue weighted by Gasteiger charge is -2.31. The van der Waals surface area contributed by atoms with Crippen molar-refractivity contribution in [3.05, 3.63) is 34.9 Å². The van der Waals surface area contributed by atoms with Crippen LogP contribution in [0.15, 0.2) is 18.2 Å². The number of nitrogens with zero attached hydrogens (tertiary/aromatic N) is 4. The fraction of sp³-hybridized carbons (Fsp3) is 0.333. The summed E-state index contributed by atoms with van der Waals surface area (Å²) in [7, 11) is 0. The van der Waals surface area contributed by atoms with E-state index >= 15 is 0 Å². The molecule has 0 fully saturated rings. The molecule has 0 saturated carbocycles. The number of anilines is 2. The van der Waals surface area contributed by atoms with E-state index in [0.717, 1.165) is 4.57 Å². The smallest absolute Gasteiger partial charge is 0.397 e. The quantitative estimate of drug-likeness (QED) is 0.821. The Balaban J connectivity index is 1.94. The van der Waals surface area contributed by atoms with Crippen LogP contribution in [-0.4, -0.2) is 21.3 Å². The summed E-state index contributed by atoms with van der Waals surface area (Å²) in [6.45, 7) is 0.654. The molecule has 1 aromatic heterocycles. The summed E-state index contributed by atoms with van der Waals surface area (Å²) in [6, 6.07) is 5.10. The first-order valence-corrected chi connectivity index (χ1v) is 6.54. The molecule has 112 valence electrons. The molecule has 0 saturated heterocycles. The molecular formula is C12H11ClF3N5. The number of rotatable bonds is 1. The molecule has 1 aromatic carbocycles. The highest BCUT2D eigenvalue weighted by atomic mass is 35.5. The van der Waals surface area contributed by atoms with Gasteiger partial charge in [0.1, 0.15) is 0 Å². The van der Waals surface area contributed by atoms with Gasteiger partial charge in [0.15, 0.2) is 5.82 Å². The van der Waals surface area contributed by atoms with Gasteiger partial charge in [0.05, 0.1) is 22.9 Å². The van der Waals surface area contributed by atoms with Gasteiger partial charge in [-0.1, -0.05) is 17.7 Å². The average Bonchev–Trinajstić information content (AvgIpc) is 2.81. The fourth-order valence-electron chi connectivity index (χ4n) is 2.42. The van der Waals surface area contributed by atoms with E-state index in [9.17, 15) is 13.2 Å². The highest BCUT2D eigenvalue weighted by Gasteiger charge is 2.39. The van der Waals surface area contributed by atoms with E-state index in [2.05, 4.69) is 10.2 Å². The number of aromatic nitrogens is 3. The number of hydrogen-bond acceptors (Lipinski definition) is 4. The van der Waals surface area contributed by atoms with Gasteiger partial charge in [-0.2, -0.15) is 13.2 Å². The Labute approximate surface area is 123 Å². The lowest BCUT2D eigenvalue weighted by atomic mass is 10.2. The van der Waals surface area contributed by atoms with Crippen LogP contribution in [0.3, 0.4) is 0 Å². The van der Waals surface area contributed by atoms with Gasteiger partial charge in [-0.15, -0.1) is 10.2 Å². The van der Waals surface area contributed by atoms with E-state index in [4.69, 9.17) is 17.3 Å². The van der Waals surface area contributed by atoms with Crippen molar-refractivity contribution in [2.24, 2.45) is 0 Å². The van der Waals surface area contributed by atoms with Gasteiger partial charge in [0.2, 0.25) is 5.82 Å². The Bertz CT molecular complexity index is 662. The third-order valence-corrected chi connectivity index (χ3v) is 3.65. The Morgan fingerprint density at radius 2 is 1.95 bits per heavy atom. The molecule has 1 aliphatic heterocycles. The monoisotopic (exact) mass is 317 g/mol. The van der Waals surface area contributed by atoms with Crippen LogP contribution in [0, 0.1) is 0 Å². The molecule has 21 heavy (non-hydrogen) atoms. The zero-order chi connectivity index (χ0) is 15.2. The molecular weight excluding hydrogens is 307 g/mol. The molecule has 0 unspecified atom stereocenters.